The third-order valence-electron chi connectivity index (χ3n) is 3.57. The second-order valence-corrected chi connectivity index (χ2v) is 6.27. The predicted octanol–water partition coefficient (Wildman–Crippen LogP) is 1.04. The highest BCUT2D eigenvalue weighted by molar-refractivity contribution is 7.80. The fourth-order valence-electron chi connectivity index (χ4n) is 2.57. The highest BCUT2D eigenvalue weighted by Crippen LogP contribution is 2.33. The van der Waals surface area contributed by atoms with E-state index >= 15 is 0 Å². The smallest absolute Gasteiger partial charge is 0.266 e. The van der Waals surface area contributed by atoms with Crippen LogP contribution in [0.15, 0.2) is 18.2 Å². The average molecular weight is 346 g/mol. The number of hydrogen-bond donors (Lipinski definition) is 3. The van der Waals surface area contributed by atoms with Gasteiger partial charge in [-0.3, -0.25) is 9.35 Å². The van der Waals surface area contributed by atoms with Gasteiger partial charge in [-0.1, -0.05) is 0 Å². The van der Waals surface area contributed by atoms with Crippen molar-refractivity contribution in [3.8, 4) is 0 Å². The largest absolute Gasteiger partial charge is 0.353 e. The second-order valence-electron chi connectivity index (χ2n) is 5.44. The van der Waals surface area contributed by atoms with Gasteiger partial charge < -0.3 is 15.2 Å². The minimum atomic E-state index is -2.61. The van der Waals surface area contributed by atoms with Crippen LogP contribution in [0.1, 0.15) is 25.3 Å². The van der Waals surface area contributed by atoms with Crippen LogP contribution in [0, 0.1) is 12.7 Å². The number of benzene rings is 1. The highest BCUT2D eigenvalue weighted by atomic mass is 32.2. The molecule has 1 saturated heterocycles. The number of aryl methyl sites for hydroxylation is 1. The van der Waals surface area contributed by atoms with Gasteiger partial charge in [0.25, 0.3) is 17.2 Å². The summed E-state index contributed by atoms with van der Waals surface area (Å²) in [4.78, 5) is 11.2. The quantitative estimate of drug-likeness (QED) is 0.559. The van der Waals surface area contributed by atoms with E-state index in [0.29, 0.717) is 6.42 Å². The van der Waals surface area contributed by atoms with Gasteiger partial charge in [-0.15, -0.1) is 0 Å². The molecule has 0 spiro atoms. The Balaban J connectivity index is 2.33. The molecule has 1 amide bonds. The molecule has 1 aromatic rings. The number of aliphatic hydroxyl groups is 1. The van der Waals surface area contributed by atoms with Crippen molar-refractivity contribution in [1.82, 2.24) is 5.32 Å². The Morgan fingerprint density at radius 1 is 1.57 bits per heavy atom. The standard InChI is InChI=1S/C14H19FN2O5S/c1-9-7-12(3-4-13(9)15)17(23(20)21)14(19)8-11(5-6-22-14)16-10(2)18/h3-4,7,11,19H,5-6,8H2,1-2H3,(H,16,18)(H,20,21)/t11-,14-/m1/s1. The summed E-state index contributed by atoms with van der Waals surface area (Å²) in [5.74, 6) is -2.83. The van der Waals surface area contributed by atoms with E-state index < -0.39 is 29.0 Å². The van der Waals surface area contributed by atoms with Gasteiger partial charge in [0.1, 0.15) is 5.82 Å². The second kappa shape index (κ2) is 6.91. The topological polar surface area (TPSA) is 99.1 Å². The molecule has 9 heteroatoms. The van der Waals surface area contributed by atoms with Crippen molar-refractivity contribution in [1.29, 1.82) is 0 Å². The molecular weight excluding hydrogens is 327 g/mol. The van der Waals surface area contributed by atoms with Gasteiger partial charge in [-0.05, 0) is 37.1 Å². The Bertz CT molecular complexity index is 629. The number of carbonyl (C=O) groups excluding carboxylic acids is 1. The van der Waals surface area contributed by atoms with Gasteiger partial charge in [-0.25, -0.2) is 12.9 Å². The number of rotatable bonds is 4. The van der Waals surface area contributed by atoms with Crippen molar-refractivity contribution in [2.75, 3.05) is 10.9 Å². The molecule has 0 aliphatic carbocycles. The normalized spacial score (nSPS) is 25.7. The Morgan fingerprint density at radius 2 is 2.26 bits per heavy atom. The van der Waals surface area contributed by atoms with E-state index in [4.69, 9.17) is 4.74 Å². The molecule has 1 heterocycles. The van der Waals surface area contributed by atoms with Gasteiger partial charge in [-0.2, -0.15) is 0 Å². The molecule has 128 valence electrons. The fourth-order valence-corrected chi connectivity index (χ4v) is 3.23. The number of hydrogen-bond acceptors (Lipinski definition) is 4. The molecule has 0 radical (unpaired) electrons. The van der Waals surface area contributed by atoms with E-state index in [2.05, 4.69) is 5.32 Å². The fraction of sp³-hybridized carbons (Fsp3) is 0.500. The number of ether oxygens (including phenoxy) is 1. The lowest BCUT2D eigenvalue weighted by molar-refractivity contribution is -0.220. The van der Waals surface area contributed by atoms with Crippen LogP contribution in [0.25, 0.3) is 0 Å². The first-order chi connectivity index (χ1) is 10.7. The van der Waals surface area contributed by atoms with E-state index in [9.17, 15) is 23.1 Å². The lowest BCUT2D eigenvalue weighted by atomic mass is 10.0. The summed E-state index contributed by atoms with van der Waals surface area (Å²) in [6, 6.07) is 3.35. The summed E-state index contributed by atoms with van der Waals surface area (Å²) in [6.45, 7) is 2.94. The lowest BCUT2D eigenvalue weighted by Gasteiger charge is -2.42. The van der Waals surface area contributed by atoms with Crippen LogP contribution in [-0.2, 0) is 20.8 Å². The molecule has 3 atom stereocenters. The molecule has 0 bridgehead atoms. The van der Waals surface area contributed by atoms with Crippen LogP contribution in [0.3, 0.4) is 0 Å². The molecular formula is C14H19FN2O5S. The van der Waals surface area contributed by atoms with E-state index in [-0.39, 0.29) is 30.2 Å². The van der Waals surface area contributed by atoms with Crippen molar-refractivity contribution in [3.05, 3.63) is 29.6 Å². The van der Waals surface area contributed by atoms with Crippen LogP contribution in [-0.4, -0.2) is 38.3 Å². The van der Waals surface area contributed by atoms with Crippen LogP contribution in [0.2, 0.25) is 0 Å². The minimum absolute atomic E-state index is 0.0926. The van der Waals surface area contributed by atoms with Crippen molar-refractivity contribution >= 4 is 22.9 Å². The molecule has 1 aromatic carbocycles. The zero-order valence-electron chi connectivity index (χ0n) is 12.8. The van der Waals surface area contributed by atoms with Crippen LogP contribution >= 0.6 is 0 Å². The minimum Gasteiger partial charge on any atom is -0.353 e. The number of halogens is 1. The third-order valence-corrected chi connectivity index (χ3v) is 4.38. The first-order valence-electron chi connectivity index (χ1n) is 7.04. The molecule has 0 saturated carbocycles. The number of nitrogens with zero attached hydrogens (tertiary/aromatic N) is 1. The van der Waals surface area contributed by atoms with E-state index in [1.54, 1.807) is 0 Å². The maximum atomic E-state index is 13.4. The van der Waals surface area contributed by atoms with Gasteiger partial charge in [0.05, 0.1) is 12.3 Å². The monoisotopic (exact) mass is 346 g/mol. The summed E-state index contributed by atoms with van der Waals surface area (Å²) in [5, 5.41) is 13.4. The molecule has 23 heavy (non-hydrogen) atoms. The SMILES string of the molecule is CC(=O)N[C@@H]1CCO[C@@](O)(N(c2ccc(F)c(C)c2)S(=O)O)C1. The summed E-state index contributed by atoms with van der Waals surface area (Å²) in [7, 11) is 0. The molecule has 0 aromatic heterocycles. The van der Waals surface area contributed by atoms with E-state index in [0.717, 1.165) is 10.4 Å². The Hall–Kier alpha value is -1.55. The number of anilines is 1. The third kappa shape index (κ3) is 4.05. The summed E-state index contributed by atoms with van der Waals surface area (Å²) < 4.78 is 40.8. The molecule has 7 nitrogen and oxygen atoms in total. The van der Waals surface area contributed by atoms with Gasteiger partial charge in [0.15, 0.2) is 0 Å². The molecule has 1 aliphatic rings. The van der Waals surface area contributed by atoms with Crippen molar-refractivity contribution < 1.29 is 27.8 Å². The predicted molar refractivity (Wildman–Crippen MR) is 82.1 cm³/mol. The first kappa shape index (κ1) is 17.8. The summed E-state index contributed by atoms with van der Waals surface area (Å²) in [6.07, 6.45) is 0.367. The maximum absolute atomic E-state index is 13.4. The molecule has 1 unspecified atom stereocenters. The average Bonchev–Trinajstić information content (AvgIpc) is 2.41. The van der Waals surface area contributed by atoms with Crippen molar-refractivity contribution in [3.63, 3.8) is 0 Å². The Morgan fingerprint density at radius 3 is 2.83 bits per heavy atom. The Labute approximate surface area is 135 Å². The molecule has 2 rings (SSSR count). The highest BCUT2D eigenvalue weighted by Gasteiger charge is 2.44. The van der Waals surface area contributed by atoms with Gasteiger partial charge in [0.2, 0.25) is 5.91 Å². The lowest BCUT2D eigenvalue weighted by Crippen LogP contribution is -2.58. The zero-order valence-corrected chi connectivity index (χ0v) is 13.6. The summed E-state index contributed by atoms with van der Waals surface area (Å²) in [5.41, 5.74) is 0.395. The zero-order chi connectivity index (χ0) is 17.2. The molecule has 3 N–H and O–H groups in total. The van der Waals surface area contributed by atoms with Crippen LogP contribution in [0.4, 0.5) is 10.1 Å². The van der Waals surface area contributed by atoms with Gasteiger partial charge in [0, 0.05) is 19.4 Å². The maximum Gasteiger partial charge on any atom is 0.266 e. The number of carbonyl (C=O) groups is 1. The molecule has 1 fully saturated rings. The first-order valence-corrected chi connectivity index (χ1v) is 8.10. The summed E-state index contributed by atoms with van der Waals surface area (Å²) >= 11 is -2.61. The van der Waals surface area contributed by atoms with Gasteiger partial charge >= 0.3 is 0 Å². The van der Waals surface area contributed by atoms with Crippen molar-refractivity contribution in [2.24, 2.45) is 0 Å². The number of amides is 1. The van der Waals surface area contributed by atoms with Crippen LogP contribution < -0.4 is 9.62 Å². The van der Waals surface area contributed by atoms with Crippen LogP contribution in [0.5, 0.6) is 0 Å². The van der Waals surface area contributed by atoms with Crippen molar-refractivity contribution in [2.45, 2.75) is 38.6 Å². The Kier molecular flexibility index (Phi) is 5.35. The van der Waals surface area contributed by atoms with E-state index in [1.807, 2.05) is 0 Å². The molecule has 1 aliphatic heterocycles. The number of nitrogens with one attached hydrogen (secondary N) is 1. The van der Waals surface area contributed by atoms with E-state index in [1.165, 1.54) is 26.0 Å².